The summed E-state index contributed by atoms with van der Waals surface area (Å²) in [6.07, 6.45) is 0. The van der Waals surface area contributed by atoms with E-state index in [9.17, 15) is 4.79 Å². The van der Waals surface area contributed by atoms with Gasteiger partial charge in [-0.3, -0.25) is 4.79 Å². The molecule has 0 radical (unpaired) electrons. The molecule has 3 rings (SSSR count). The van der Waals surface area contributed by atoms with Gasteiger partial charge in [0.05, 0.1) is 0 Å². The van der Waals surface area contributed by atoms with Crippen LogP contribution in [0.5, 0.6) is 0 Å². The maximum atomic E-state index is 12.3. The van der Waals surface area contributed by atoms with Gasteiger partial charge < -0.3 is 5.32 Å². The molecule has 1 saturated carbocycles. The van der Waals surface area contributed by atoms with Gasteiger partial charge in [0.2, 0.25) is 0 Å². The van der Waals surface area contributed by atoms with Crippen molar-refractivity contribution >= 4 is 17.5 Å². The number of rotatable bonds is 3. The summed E-state index contributed by atoms with van der Waals surface area (Å²) < 4.78 is 0. The van der Waals surface area contributed by atoms with E-state index in [1.165, 1.54) is 5.56 Å². The van der Waals surface area contributed by atoms with Crippen LogP contribution in [0.2, 0.25) is 5.02 Å². The molecule has 3 heteroatoms. The van der Waals surface area contributed by atoms with Crippen molar-refractivity contribution < 1.29 is 4.79 Å². The molecule has 0 bridgehead atoms. The Morgan fingerprint density at radius 3 is 2.29 bits per heavy atom. The van der Waals surface area contributed by atoms with Gasteiger partial charge in [-0.25, -0.2) is 0 Å². The van der Waals surface area contributed by atoms with Crippen LogP contribution in [-0.4, -0.2) is 11.9 Å². The van der Waals surface area contributed by atoms with E-state index in [2.05, 4.69) is 19.2 Å². The van der Waals surface area contributed by atoms with Crippen molar-refractivity contribution in [3.05, 3.63) is 70.7 Å². The first-order valence-corrected chi connectivity index (χ1v) is 7.49. The summed E-state index contributed by atoms with van der Waals surface area (Å²) in [6, 6.07) is 17.4. The molecule has 2 nitrogen and oxygen atoms in total. The monoisotopic (exact) mass is 299 g/mol. The van der Waals surface area contributed by atoms with Gasteiger partial charge in [0, 0.05) is 22.5 Å². The second-order valence-electron chi connectivity index (χ2n) is 6.17. The van der Waals surface area contributed by atoms with Crippen LogP contribution < -0.4 is 5.32 Å². The molecule has 1 aliphatic carbocycles. The molecule has 0 heterocycles. The number of benzene rings is 2. The highest BCUT2D eigenvalue weighted by molar-refractivity contribution is 6.30. The highest BCUT2D eigenvalue weighted by atomic mass is 35.5. The van der Waals surface area contributed by atoms with Crippen molar-refractivity contribution in [2.24, 2.45) is 5.41 Å². The molecular weight excluding hydrogens is 282 g/mol. The predicted octanol–water partition coefficient (Wildman–Crippen LogP) is 4.26. The van der Waals surface area contributed by atoms with Crippen LogP contribution in [0.1, 0.15) is 35.7 Å². The van der Waals surface area contributed by atoms with Crippen molar-refractivity contribution in [3.8, 4) is 0 Å². The van der Waals surface area contributed by atoms with Gasteiger partial charge in [-0.2, -0.15) is 0 Å². The lowest BCUT2D eigenvalue weighted by atomic mass is 10.0. The van der Waals surface area contributed by atoms with E-state index in [0.29, 0.717) is 11.5 Å². The molecule has 0 aromatic heterocycles. The van der Waals surface area contributed by atoms with Crippen LogP contribution in [0.4, 0.5) is 0 Å². The number of hydrogen-bond donors (Lipinski definition) is 1. The Morgan fingerprint density at radius 2 is 1.67 bits per heavy atom. The van der Waals surface area contributed by atoms with E-state index in [1.807, 2.05) is 54.6 Å². The summed E-state index contributed by atoms with van der Waals surface area (Å²) in [7, 11) is 0. The quantitative estimate of drug-likeness (QED) is 0.901. The summed E-state index contributed by atoms with van der Waals surface area (Å²) in [5.41, 5.74) is 2.00. The summed E-state index contributed by atoms with van der Waals surface area (Å²) in [4.78, 5) is 12.3. The molecule has 108 valence electrons. The number of carbonyl (C=O) groups excluding carboxylic acids is 1. The number of carbonyl (C=O) groups is 1. The van der Waals surface area contributed by atoms with E-state index in [-0.39, 0.29) is 17.4 Å². The van der Waals surface area contributed by atoms with E-state index >= 15 is 0 Å². The molecule has 0 unspecified atom stereocenters. The summed E-state index contributed by atoms with van der Waals surface area (Å²) in [5, 5.41) is 3.89. The van der Waals surface area contributed by atoms with Crippen LogP contribution in [0.3, 0.4) is 0 Å². The van der Waals surface area contributed by atoms with Crippen molar-refractivity contribution in [3.63, 3.8) is 0 Å². The minimum atomic E-state index is -0.00913. The molecule has 0 saturated heterocycles. The molecule has 1 N–H and O–H groups in total. The predicted molar refractivity (Wildman–Crippen MR) is 85.7 cm³/mol. The second-order valence-corrected chi connectivity index (χ2v) is 6.60. The topological polar surface area (TPSA) is 29.1 Å². The van der Waals surface area contributed by atoms with E-state index < -0.39 is 0 Å². The SMILES string of the molecule is CC1(C)[C@@H](NC(=O)c2ccccc2)[C@@H]1c1ccc(Cl)cc1. The zero-order valence-corrected chi connectivity index (χ0v) is 12.9. The van der Waals surface area contributed by atoms with Crippen molar-refractivity contribution in [1.82, 2.24) is 5.32 Å². The van der Waals surface area contributed by atoms with Crippen molar-refractivity contribution in [2.75, 3.05) is 0 Å². The Kier molecular flexibility index (Phi) is 3.50. The molecular formula is C18H18ClNO. The third-order valence-corrected chi connectivity index (χ3v) is 4.63. The minimum Gasteiger partial charge on any atom is -0.348 e. The Labute approximate surface area is 130 Å². The molecule has 2 atom stereocenters. The Morgan fingerprint density at radius 1 is 1.05 bits per heavy atom. The molecule has 21 heavy (non-hydrogen) atoms. The third kappa shape index (κ3) is 2.68. The summed E-state index contributed by atoms with van der Waals surface area (Å²) in [5.74, 6) is 0.326. The van der Waals surface area contributed by atoms with Gasteiger partial charge in [0.1, 0.15) is 0 Å². The largest absolute Gasteiger partial charge is 0.348 e. The van der Waals surface area contributed by atoms with Gasteiger partial charge in [-0.15, -0.1) is 0 Å². The highest BCUT2D eigenvalue weighted by Crippen LogP contribution is 2.58. The summed E-state index contributed by atoms with van der Waals surface area (Å²) in [6.45, 7) is 4.37. The number of amides is 1. The molecule has 1 fully saturated rings. The lowest BCUT2D eigenvalue weighted by Crippen LogP contribution is -2.28. The minimum absolute atomic E-state index is 0.00913. The van der Waals surface area contributed by atoms with Gasteiger partial charge >= 0.3 is 0 Å². The van der Waals surface area contributed by atoms with Gasteiger partial charge in [0.15, 0.2) is 0 Å². The first-order chi connectivity index (χ1) is 10.00. The molecule has 0 spiro atoms. The number of halogens is 1. The maximum absolute atomic E-state index is 12.3. The zero-order valence-electron chi connectivity index (χ0n) is 12.1. The van der Waals surface area contributed by atoms with Crippen molar-refractivity contribution in [2.45, 2.75) is 25.8 Å². The normalized spacial score (nSPS) is 22.6. The fourth-order valence-corrected chi connectivity index (χ4v) is 3.14. The van der Waals surface area contributed by atoms with Crippen molar-refractivity contribution in [1.29, 1.82) is 0 Å². The zero-order chi connectivity index (χ0) is 15.0. The van der Waals surface area contributed by atoms with Gasteiger partial charge in [0.25, 0.3) is 5.91 Å². The van der Waals surface area contributed by atoms with Gasteiger partial charge in [-0.1, -0.05) is 55.8 Å². The molecule has 0 aliphatic heterocycles. The maximum Gasteiger partial charge on any atom is 0.251 e. The Balaban J connectivity index is 1.75. The Hall–Kier alpha value is -1.80. The molecule has 1 aliphatic rings. The van der Waals surface area contributed by atoms with Crippen LogP contribution in [0.25, 0.3) is 0 Å². The van der Waals surface area contributed by atoms with Crippen LogP contribution in [-0.2, 0) is 0 Å². The fraction of sp³-hybridized carbons (Fsp3) is 0.278. The smallest absolute Gasteiger partial charge is 0.251 e. The molecule has 1 amide bonds. The third-order valence-electron chi connectivity index (χ3n) is 4.38. The van der Waals surface area contributed by atoms with Crippen LogP contribution >= 0.6 is 11.6 Å². The second kappa shape index (κ2) is 5.19. The Bertz CT molecular complexity index is 649. The average molecular weight is 300 g/mol. The lowest BCUT2D eigenvalue weighted by molar-refractivity contribution is 0.0946. The van der Waals surface area contributed by atoms with E-state index in [1.54, 1.807) is 0 Å². The van der Waals surface area contributed by atoms with E-state index in [0.717, 1.165) is 5.02 Å². The van der Waals surface area contributed by atoms with Crippen LogP contribution in [0, 0.1) is 5.41 Å². The summed E-state index contributed by atoms with van der Waals surface area (Å²) >= 11 is 5.94. The fourth-order valence-electron chi connectivity index (χ4n) is 3.01. The van der Waals surface area contributed by atoms with Gasteiger partial charge in [-0.05, 0) is 35.2 Å². The lowest BCUT2D eigenvalue weighted by Gasteiger charge is -2.06. The number of nitrogens with one attached hydrogen (secondary N) is 1. The average Bonchev–Trinajstić information content (AvgIpc) is 3.02. The van der Waals surface area contributed by atoms with E-state index in [4.69, 9.17) is 11.6 Å². The first-order valence-electron chi connectivity index (χ1n) is 7.11. The molecule has 2 aromatic carbocycles. The van der Waals surface area contributed by atoms with Crippen LogP contribution in [0.15, 0.2) is 54.6 Å². The highest BCUT2D eigenvalue weighted by Gasteiger charge is 2.59. The first kappa shape index (κ1) is 14.2. The molecule has 2 aromatic rings. The number of hydrogen-bond acceptors (Lipinski definition) is 1. The standard InChI is InChI=1S/C18H18ClNO/c1-18(2)15(12-8-10-14(19)11-9-12)16(18)20-17(21)13-6-4-3-5-7-13/h3-11,15-16H,1-2H3,(H,20,21)/t15-,16-/m0/s1.